The highest BCUT2D eigenvalue weighted by Gasteiger charge is 2.30. The van der Waals surface area contributed by atoms with E-state index < -0.39 is 6.61 Å². The molecule has 0 saturated carbocycles. The molecule has 146 valence electrons. The third-order valence-electron chi connectivity index (χ3n) is 4.67. The van der Waals surface area contributed by atoms with Gasteiger partial charge in [0.2, 0.25) is 5.91 Å². The van der Waals surface area contributed by atoms with Crippen molar-refractivity contribution in [3.05, 3.63) is 53.5 Å². The Balaban J connectivity index is 1.39. The molecular weight excluding hydrogens is 384 g/mol. The highest BCUT2D eigenvalue weighted by atomic mass is 32.1. The third-order valence-corrected chi connectivity index (χ3v) is 5.81. The number of rotatable bonds is 6. The maximum absolute atomic E-state index is 12.5. The van der Waals surface area contributed by atoms with E-state index in [9.17, 15) is 13.6 Å². The molecule has 0 bridgehead atoms. The first-order chi connectivity index (χ1) is 13.6. The summed E-state index contributed by atoms with van der Waals surface area (Å²) in [6.07, 6.45) is 2.00. The summed E-state index contributed by atoms with van der Waals surface area (Å²) < 4.78 is 29.9. The van der Waals surface area contributed by atoms with E-state index in [1.807, 2.05) is 18.2 Å². The van der Waals surface area contributed by atoms with Crippen LogP contribution in [0.15, 0.2) is 48.5 Å². The van der Waals surface area contributed by atoms with Gasteiger partial charge in [-0.05, 0) is 55.8 Å². The fourth-order valence-corrected chi connectivity index (χ4v) is 4.57. The second-order valence-corrected chi connectivity index (χ2v) is 7.66. The Kier molecular flexibility index (Phi) is 5.50. The number of nitrogens with zero attached hydrogens (tertiary/aromatic N) is 2. The smallest absolute Gasteiger partial charge is 0.387 e. The SMILES string of the molecule is O=C(CN1CCC[C@H]1c1nc2ccccc2s1)Nc1ccc(OC(F)F)cc1. The molecule has 1 aliphatic rings. The van der Waals surface area contributed by atoms with Crippen molar-refractivity contribution in [1.29, 1.82) is 0 Å². The van der Waals surface area contributed by atoms with Crippen molar-refractivity contribution in [3.8, 4) is 5.75 Å². The molecule has 1 amide bonds. The minimum absolute atomic E-state index is 0.0587. The van der Waals surface area contributed by atoms with Gasteiger partial charge in [0.15, 0.2) is 0 Å². The van der Waals surface area contributed by atoms with E-state index in [1.165, 1.54) is 12.1 Å². The number of carbonyl (C=O) groups is 1. The summed E-state index contributed by atoms with van der Waals surface area (Å²) in [6.45, 7) is -1.76. The van der Waals surface area contributed by atoms with E-state index in [0.717, 1.165) is 34.6 Å². The summed E-state index contributed by atoms with van der Waals surface area (Å²) in [6, 6.07) is 14.1. The highest BCUT2D eigenvalue weighted by Crippen LogP contribution is 2.36. The number of alkyl halides is 2. The van der Waals surface area contributed by atoms with Crippen molar-refractivity contribution >= 4 is 33.1 Å². The van der Waals surface area contributed by atoms with Gasteiger partial charge in [0.25, 0.3) is 0 Å². The Morgan fingerprint density at radius 3 is 2.79 bits per heavy atom. The fourth-order valence-electron chi connectivity index (χ4n) is 3.43. The number of halogens is 2. The molecule has 2 heterocycles. The maximum Gasteiger partial charge on any atom is 0.387 e. The topological polar surface area (TPSA) is 54.5 Å². The van der Waals surface area contributed by atoms with Gasteiger partial charge in [0.1, 0.15) is 10.8 Å². The molecule has 0 radical (unpaired) electrons. The summed E-state index contributed by atoms with van der Waals surface area (Å²) >= 11 is 1.68. The standard InChI is InChI=1S/C20H19F2N3O2S/c21-20(22)27-14-9-7-13(8-10-14)23-18(26)12-25-11-3-5-16(25)19-24-15-4-1-2-6-17(15)28-19/h1-2,4,6-10,16,20H,3,5,11-12H2,(H,23,26)/t16-/m0/s1. The molecule has 1 saturated heterocycles. The van der Waals surface area contributed by atoms with Crippen LogP contribution < -0.4 is 10.1 Å². The molecule has 1 atom stereocenters. The lowest BCUT2D eigenvalue weighted by molar-refractivity contribution is -0.117. The average Bonchev–Trinajstić information content (AvgIpc) is 3.29. The summed E-state index contributed by atoms with van der Waals surface area (Å²) in [5.41, 5.74) is 1.53. The zero-order valence-corrected chi connectivity index (χ0v) is 15.8. The number of benzene rings is 2. The van der Waals surface area contributed by atoms with Crippen molar-refractivity contribution in [1.82, 2.24) is 9.88 Å². The van der Waals surface area contributed by atoms with E-state index in [0.29, 0.717) is 5.69 Å². The van der Waals surface area contributed by atoms with Crippen LogP contribution in [0.2, 0.25) is 0 Å². The minimum atomic E-state index is -2.87. The van der Waals surface area contributed by atoms with E-state index in [1.54, 1.807) is 23.5 Å². The Morgan fingerprint density at radius 2 is 2.04 bits per heavy atom. The van der Waals surface area contributed by atoms with Crippen LogP contribution in [0.25, 0.3) is 10.2 Å². The van der Waals surface area contributed by atoms with Crippen LogP contribution in [0.1, 0.15) is 23.9 Å². The van der Waals surface area contributed by atoms with Gasteiger partial charge in [-0.15, -0.1) is 11.3 Å². The van der Waals surface area contributed by atoms with Gasteiger partial charge < -0.3 is 10.1 Å². The number of aromatic nitrogens is 1. The van der Waals surface area contributed by atoms with E-state index >= 15 is 0 Å². The van der Waals surface area contributed by atoms with Gasteiger partial charge in [-0.2, -0.15) is 8.78 Å². The molecule has 1 aromatic heterocycles. The Morgan fingerprint density at radius 1 is 1.25 bits per heavy atom. The number of ether oxygens (including phenoxy) is 1. The summed E-state index contributed by atoms with van der Waals surface area (Å²) in [4.78, 5) is 19.3. The van der Waals surface area contributed by atoms with Crippen LogP contribution in [0, 0.1) is 0 Å². The molecule has 28 heavy (non-hydrogen) atoms. The highest BCUT2D eigenvalue weighted by molar-refractivity contribution is 7.18. The normalized spacial score (nSPS) is 17.3. The van der Waals surface area contributed by atoms with E-state index in [-0.39, 0.29) is 24.2 Å². The summed E-state index contributed by atoms with van der Waals surface area (Å²) in [5, 5.41) is 3.85. The Labute approximate surface area is 164 Å². The first-order valence-corrected chi connectivity index (χ1v) is 9.84. The molecule has 0 aliphatic carbocycles. The number of carbonyl (C=O) groups excluding carboxylic acids is 1. The monoisotopic (exact) mass is 403 g/mol. The maximum atomic E-state index is 12.5. The minimum Gasteiger partial charge on any atom is -0.435 e. The van der Waals surface area contributed by atoms with E-state index in [4.69, 9.17) is 4.98 Å². The third kappa shape index (κ3) is 4.28. The molecule has 5 nitrogen and oxygen atoms in total. The second kappa shape index (κ2) is 8.20. The summed E-state index contributed by atoms with van der Waals surface area (Å²) in [5.74, 6) is -0.0843. The first-order valence-electron chi connectivity index (χ1n) is 9.03. The predicted molar refractivity (Wildman–Crippen MR) is 105 cm³/mol. The van der Waals surface area contributed by atoms with Gasteiger partial charge in [0.05, 0.1) is 22.8 Å². The zero-order chi connectivity index (χ0) is 19.5. The quantitative estimate of drug-likeness (QED) is 0.650. The lowest BCUT2D eigenvalue weighted by Gasteiger charge is -2.22. The van der Waals surface area contributed by atoms with Gasteiger partial charge >= 0.3 is 6.61 Å². The van der Waals surface area contributed by atoms with Crippen LogP contribution in [-0.2, 0) is 4.79 Å². The molecular formula is C20H19F2N3O2S. The van der Waals surface area contributed by atoms with Gasteiger partial charge in [0, 0.05) is 5.69 Å². The number of thiazole rings is 1. The van der Waals surface area contributed by atoms with Crippen molar-refractivity contribution in [3.63, 3.8) is 0 Å². The number of likely N-dealkylation sites (tertiary alicyclic amines) is 1. The number of fused-ring (bicyclic) bond motifs is 1. The van der Waals surface area contributed by atoms with E-state index in [2.05, 4.69) is 21.0 Å². The molecule has 1 N–H and O–H groups in total. The zero-order valence-electron chi connectivity index (χ0n) is 15.0. The van der Waals surface area contributed by atoms with Crippen LogP contribution >= 0.6 is 11.3 Å². The predicted octanol–water partition coefficient (Wildman–Crippen LogP) is 4.67. The van der Waals surface area contributed by atoms with Crippen molar-refractivity contribution in [2.24, 2.45) is 0 Å². The van der Waals surface area contributed by atoms with Gasteiger partial charge in [-0.25, -0.2) is 4.98 Å². The summed E-state index contributed by atoms with van der Waals surface area (Å²) in [7, 11) is 0. The molecule has 0 unspecified atom stereocenters. The number of hydrogen-bond donors (Lipinski definition) is 1. The number of amides is 1. The Bertz CT molecular complexity index is 928. The van der Waals surface area contributed by atoms with Crippen LogP contribution in [0.4, 0.5) is 14.5 Å². The molecule has 4 rings (SSSR count). The first kappa shape index (κ1) is 18.8. The number of anilines is 1. The van der Waals surface area contributed by atoms with Crippen LogP contribution in [0.5, 0.6) is 5.75 Å². The lowest BCUT2D eigenvalue weighted by atomic mass is 10.2. The largest absolute Gasteiger partial charge is 0.435 e. The molecule has 0 spiro atoms. The average molecular weight is 403 g/mol. The molecule has 3 aromatic rings. The van der Waals surface area contributed by atoms with Gasteiger partial charge in [-0.1, -0.05) is 12.1 Å². The van der Waals surface area contributed by atoms with Crippen molar-refractivity contribution < 1.29 is 18.3 Å². The van der Waals surface area contributed by atoms with Gasteiger partial charge in [-0.3, -0.25) is 9.69 Å². The van der Waals surface area contributed by atoms with Crippen LogP contribution in [-0.4, -0.2) is 35.5 Å². The fraction of sp³-hybridized carbons (Fsp3) is 0.300. The van der Waals surface area contributed by atoms with Crippen molar-refractivity contribution in [2.75, 3.05) is 18.4 Å². The molecule has 1 aliphatic heterocycles. The molecule has 8 heteroatoms. The molecule has 1 fully saturated rings. The molecule has 2 aromatic carbocycles. The number of para-hydroxylation sites is 1. The van der Waals surface area contributed by atoms with Crippen LogP contribution in [0.3, 0.4) is 0 Å². The number of nitrogens with one attached hydrogen (secondary N) is 1. The Hall–Kier alpha value is -2.58. The van der Waals surface area contributed by atoms with Crippen molar-refractivity contribution in [2.45, 2.75) is 25.5 Å². The second-order valence-electron chi connectivity index (χ2n) is 6.60. The lowest BCUT2D eigenvalue weighted by Crippen LogP contribution is -2.32. The number of hydrogen-bond acceptors (Lipinski definition) is 5.